The van der Waals surface area contributed by atoms with Gasteiger partial charge in [-0.15, -0.1) is 0 Å². The van der Waals surface area contributed by atoms with Gasteiger partial charge in [-0.25, -0.2) is 4.98 Å². The van der Waals surface area contributed by atoms with Crippen LogP contribution in [0, 0.1) is 0 Å². The molecule has 0 unspecified atom stereocenters. The van der Waals surface area contributed by atoms with E-state index in [0.717, 1.165) is 22.4 Å². The Morgan fingerprint density at radius 3 is 2.67 bits per heavy atom. The van der Waals surface area contributed by atoms with Gasteiger partial charge in [0.15, 0.2) is 0 Å². The SMILES string of the molecule is COc1cccc(Cc2nc(O)c3cc(-c4cn[nH]c4)cc(OC)c3n2)c1. The fourth-order valence-corrected chi connectivity index (χ4v) is 3.01. The lowest BCUT2D eigenvalue weighted by molar-refractivity contribution is 0.414. The summed E-state index contributed by atoms with van der Waals surface area (Å²) in [6.45, 7) is 0. The summed E-state index contributed by atoms with van der Waals surface area (Å²) < 4.78 is 10.8. The summed E-state index contributed by atoms with van der Waals surface area (Å²) in [4.78, 5) is 8.89. The van der Waals surface area contributed by atoms with Crippen LogP contribution in [-0.2, 0) is 6.42 Å². The molecule has 0 fully saturated rings. The number of aromatic nitrogens is 4. The van der Waals surface area contributed by atoms with Crippen molar-refractivity contribution in [1.29, 1.82) is 0 Å². The summed E-state index contributed by atoms with van der Waals surface area (Å²) >= 11 is 0. The first-order valence-electron chi connectivity index (χ1n) is 8.37. The first-order chi connectivity index (χ1) is 13.2. The van der Waals surface area contributed by atoms with Crippen molar-refractivity contribution >= 4 is 10.9 Å². The smallest absolute Gasteiger partial charge is 0.222 e. The van der Waals surface area contributed by atoms with Crippen LogP contribution < -0.4 is 9.47 Å². The van der Waals surface area contributed by atoms with Crippen molar-refractivity contribution in [1.82, 2.24) is 20.2 Å². The molecule has 2 heterocycles. The average Bonchev–Trinajstić information content (AvgIpc) is 3.22. The van der Waals surface area contributed by atoms with Crippen LogP contribution in [0.1, 0.15) is 11.4 Å². The lowest BCUT2D eigenvalue weighted by Crippen LogP contribution is -2.00. The molecule has 0 saturated heterocycles. The van der Waals surface area contributed by atoms with Gasteiger partial charge in [0.2, 0.25) is 5.88 Å². The molecule has 0 amide bonds. The minimum Gasteiger partial charge on any atom is -0.497 e. The second-order valence-electron chi connectivity index (χ2n) is 6.05. The predicted molar refractivity (Wildman–Crippen MR) is 101 cm³/mol. The number of H-pyrrole nitrogens is 1. The van der Waals surface area contributed by atoms with Gasteiger partial charge < -0.3 is 14.6 Å². The van der Waals surface area contributed by atoms with Crippen molar-refractivity contribution in [3.63, 3.8) is 0 Å². The Kier molecular flexibility index (Phi) is 4.33. The molecule has 136 valence electrons. The maximum absolute atomic E-state index is 10.5. The van der Waals surface area contributed by atoms with E-state index in [4.69, 9.17) is 9.47 Å². The molecule has 0 atom stereocenters. The number of aromatic amines is 1. The van der Waals surface area contributed by atoms with E-state index >= 15 is 0 Å². The van der Waals surface area contributed by atoms with Crippen molar-refractivity contribution in [2.75, 3.05) is 14.2 Å². The Morgan fingerprint density at radius 1 is 1.04 bits per heavy atom. The average molecular weight is 362 g/mol. The molecule has 0 aliphatic rings. The molecule has 0 radical (unpaired) electrons. The van der Waals surface area contributed by atoms with Crippen LogP contribution in [-0.4, -0.2) is 39.5 Å². The zero-order valence-electron chi connectivity index (χ0n) is 14.9. The van der Waals surface area contributed by atoms with Crippen LogP contribution in [0.3, 0.4) is 0 Å². The first-order valence-corrected chi connectivity index (χ1v) is 8.37. The zero-order valence-corrected chi connectivity index (χ0v) is 14.9. The number of nitrogens with one attached hydrogen (secondary N) is 1. The second kappa shape index (κ2) is 6.95. The molecule has 0 aliphatic heterocycles. The summed E-state index contributed by atoms with van der Waals surface area (Å²) in [5.74, 6) is 1.75. The quantitative estimate of drug-likeness (QED) is 0.566. The fraction of sp³-hybridized carbons (Fsp3) is 0.150. The van der Waals surface area contributed by atoms with Crippen LogP contribution in [0.4, 0.5) is 0 Å². The van der Waals surface area contributed by atoms with Crippen LogP contribution in [0.15, 0.2) is 48.8 Å². The molecule has 0 saturated carbocycles. The predicted octanol–water partition coefficient (Wildman–Crippen LogP) is 3.33. The number of hydrogen-bond acceptors (Lipinski definition) is 6. The van der Waals surface area contributed by atoms with Gasteiger partial charge in [0.25, 0.3) is 0 Å². The standard InChI is InChI=1S/C20H18N4O3/c1-26-15-5-3-4-12(6-15)7-18-23-19-16(20(25)24-18)8-13(9-17(19)27-2)14-10-21-22-11-14/h3-6,8-11H,7H2,1-2H3,(H,21,22)(H,23,24,25). The van der Waals surface area contributed by atoms with Crippen LogP contribution in [0.2, 0.25) is 0 Å². The van der Waals surface area contributed by atoms with E-state index < -0.39 is 0 Å². The van der Waals surface area contributed by atoms with E-state index in [1.165, 1.54) is 0 Å². The van der Waals surface area contributed by atoms with Crippen LogP contribution >= 0.6 is 0 Å². The van der Waals surface area contributed by atoms with E-state index in [0.29, 0.717) is 28.9 Å². The van der Waals surface area contributed by atoms with Gasteiger partial charge in [0.05, 0.1) is 25.8 Å². The molecule has 2 N–H and O–H groups in total. The lowest BCUT2D eigenvalue weighted by Gasteiger charge is -2.11. The van der Waals surface area contributed by atoms with E-state index in [2.05, 4.69) is 20.2 Å². The Morgan fingerprint density at radius 2 is 1.93 bits per heavy atom. The van der Waals surface area contributed by atoms with Gasteiger partial charge in [-0.3, -0.25) is 5.10 Å². The van der Waals surface area contributed by atoms with Crippen LogP contribution in [0.5, 0.6) is 17.4 Å². The van der Waals surface area contributed by atoms with Gasteiger partial charge in [0, 0.05) is 18.2 Å². The number of rotatable bonds is 5. The third-order valence-electron chi connectivity index (χ3n) is 4.34. The summed E-state index contributed by atoms with van der Waals surface area (Å²) in [7, 11) is 3.20. The molecule has 0 bridgehead atoms. The highest BCUT2D eigenvalue weighted by molar-refractivity contribution is 5.92. The van der Waals surface area contributed by atoms with Gasteiger partial charge in [-0.05, 0) is 35.4 Å². The maximum Gasteiger partial charge on any atom is 0.222 e. The molecule has 27 heavy (non-hydrogen) atoms. The number of methoxy groups -OCH3 is 2. The highest BCUT2D eigenvalue weighted by atomic mass is 16.5. The minimum atomic E-state index is -0.0819. The van der Waals surface area contributed by atoms with Crippen molar-refractivity contribution in [3.05, 3.63) is 60.2 Å². The summed E-state index contributed by atoms with van der Waals surface area (Å²) in [6, 6.07) is 11.4. The van der Waals surface area contributed by atoms with Gasteiger partial charge in [-0.1, -0.05) is 12.1 Å². The molecule has 7 heteroatoms. The number of ether oxygens (including phenoxy) is 2. The Bertz CT molecular complexity index is 1090. The molecule has 0 aliphatic carbocycles. The summed E-state index contributed by atoms with van der Waals surface area (Å²) in [6.07, 6.45) is 3.94. The molecule has 7 nitrogen and oxygen atoms in total. The Balaban J connectivity index is 1.79. The number of hydrogen-bond donors (Lipinski definition) is 2. The number of fused-ring (bicyclic) bond motifs is 1. The highest BCUT2D eigenvalue weighted by Crippen LogP contribution is 2.34. The highest BCUT2D eigenvalue weighted by Gasteiger charge is 2.15. The van der Waals surface area contributed by atoms with Gasteiger partial charge >= 0.3 is 0 Å². The third kappa shape index (κ3) is 3.27. The normalized spacial score (nSPS) is 10.9. The number of benzene rings is 2. The van der Waals surface area contributed by atoms with E-state index in [9.17, 15) is 5.11 Å². The summed E-state index contributed by atoms with van der Waals surface area (Å²) in [5.41, 5.74) is 3.29. The molecular formula is C20H18N4O3. The zero-order chi connectivity index (χ0) is 18.8. The molecule has 0 spiro atoms. The first kappa shape index (κ1) is 16.8. The molecular weight excluding hydrogens is 344 g/mol. The Hall–Kier alpha value is -3.61. The van der Waals surface area contributed by atoms with Gasteiger partial charge in [0.1, 0.15) is 22.8 Å². The van der Waals surface area contributed by atoms with Crippen molar-refractivity contribution in [2.24, 2.45) is 0 Å². The lowest BCUT2D eigenvalue weighted by atomic mass is 10.1. The second-order valence-corrected chi connectivity index (χ2v) is 6.05. The van der Waals surface area contributed by atoms with E-state index in [1.807, 2.05) is 36.4 Å². The largest absolute Gasteiger partial charge is 0.497 e. The molecule has 4 aromatic rings. The minimum absolute atomic E-state index is 0.0819. The van der Waals surface area contributed by atoms with E-state index in [1.54, 1.807) is 26.6 Å². The fourth-order valence-electron chi connectivity index (χ4n) is 3.01. The maximum atomic E-state index is 10.5. The monoisotopic (exact) mass is 362 g/mol. The molecule has 2 aromatic heterocycles. The number of nitrogens with zero attached hydrogens (tertiary/aromatic N) is 3. The number of aromatic hydroxyl groups is 1. The summed E-state index contributed by atoms with van der Waals surface area (Å²) in [5, 5.41) is 17.8. The van der Waals surface area contributed by atoms with Crippen molar-refractivity contribution in [3.8, 4) is 28.5 Å². The van der Waals surface area contributed by atoms with Crippen molar-refractivity contribution < 1.29 is 14.6 Å². The van der Waals surface area contributed by atoms with E-state index in [-0.39, 0.29) is 5.88 Å². The Labute approximate surface area is 155 Å². The van der Waals surface area contributed by atoms with Gasteiger partial charge in [-0.2, -0.15) is 10.1 Å². The molecule has 2 aromatic carbocycles. The van der Waals surface area contributed by atoms with Crippen molar-refractivity contribution in [2.45, 2.75) is 6.42 Å². The van der Waals surface area contributed by atoms with Crippen LogP contribution in [0.25, 0.3) is 22.0 Å². The third-order valence-corrected chi connectivity index (χ3v) is 4.34. The topological polar surface area (TPSA) is 93.2 Å². The molecule has 4 rings (SSSR count).